The molecule has 2 aliphatic rings. The highest BCUT2D eigenvalue weighted by Crippen LogP contribution is 2.63. The van der Waals surface area contributed by atoms with Crippen molar-refractivity contribution in [2.45, 2.75) is 108 Å². The van der Waals surface area contributed by atoms with Gasteiger partial charge in [-0.25, -0.2) is 0 Å². The van der Waals surface area contributed by atoms with Crippen LogP contribution in [0.3, 0.4) is 0 Å². The zero-order valence-electron chi connectivity index (χ0n) is 51.7. The summed E-state index contributed by atoms with van der Waals surface area (Å²) in [6.45, 7) is 27.8. The van der Waals surface area contributed by atoms with Crippen LogP contribution in [-0.2, 0) is 5.41 Å². The lowest BCUT2D eigenvalue weighted by Gasteiger charge is -2.31. The van der Waals surface area contributed by atoms with Crippen LogP contribution in [-0.4, -0.2) is 0 Å². The molecule has 83 heavy (non-hydrogen) atoms. The van der Waals surface area contributed by atoms with Gasteiger partial charge in [-0.15, -0.1) is 0 Å². The fourth-order valence-electron chi connectivity index (χ4n) is 11.6. The number of hydrogen-bond acceptors (Lipinski definition) is 0. The maximum absolute atomic E-state index is 2.33. The molecule has 0 heteroatoms. The standard InChI is InChI=1S/C26H18.C19H14.2C14H14.C5H12.C3H8.C2H6/c1-17-9-8-13-21-20-12-4-7-16-24(20)26(25(17)21)22-14-5-2-10-18(22)19-11-3-6-15-23(19)26;1-13-10-11-18-16-8-3-2-6-14(16)15-7-4-5-9-17(15)19(18)12-13;1-11-3-7-13(8-4-11)14-9-5-12(2)6-10-14;1-11-7-3-5-9-13(11)14-10-6-4-8-12(14)2;1-4-5(2)3;1-3-2;1-2/h2-16H,1H3;2-12H,1H3;2*3-10H,1-2H3;5H,4H2,1-3H3;3H2,1-2H3;1-2H3. The molecule has 2 aliphatic carbocycles. The number of fused-ring (bicyclic) bond motifs is 16. The van der Waals surface area contributed by atoms with Crippen molar-refractivity contribution in [3.05, 3.63) is 310 Å². The molecule has 0 unspecified atom stereocenters. The minimum atomic E-state index is -0.190. The van der Waals surface area contributed by atoms with Gasteiger partial charge in [0, 0.05) is 0 Å². The van der Waals surface area contributed by atoms with E-state index in [0.29, 0.717) is 0 Å². The topological polar surface area (TPSA) is 0 Å². The lowest BCUT2D eigenvalue weighted by Crippen LogP contribution is -2.26. The highest BCUT2D eigenvalue weighted by molar-refractivity contribution is 6.25. The largest absolute Gasteiger partial charge is 0.0728 e. The Labute approximate surface area is 498 Å². The van der Waals surface area contributed by atoms with E-state index in [2.05, 4.69) is 331 Å². The Morgan fingerprint density at radius 3 is 0.964 bits per heavy atom. The Hall–Kier alpha value is -8.58. The Morgan fingerprint density at radius 1 is 0.289 bits per heavy atom. The average Bonchev–Trinajstić information content (AvgIpc) is 3.67. The minimum absolute atomic E-state index is 0.190. The monoisotopic (exact) mass is 1080 g/mol. The van der Waals surface area contributed by atoms with Crippen molar-refractivity contribution in [3.8, 4) is 44.5 Å². The number of benzene rings is 12. The van der Waals surface area contributed by atoms with Gasteiger partial charge in [-0.3, -0.25) is 0 Å². The van der Waals surface area contributed by atoms with E-state index in [9.17, 15) is 0 Å². The van der Waals surface area contributed by atoms with Crippen LogP contribution in [0.15, 0.2) is 255 Å². The van der Waals surface area contributed by atoms with Crippen molar-refractivity contribution < 1.29 is 0 Å². The van der Waals surface area contributed by atoms with Gasteiger partial charge < -0.3 is 0 Å². The van der Waals surface area contributed by atoms with E-state index in [1.54, 1.807) is 0 Å². The highest BCUT2D eigenvalue weighted by atomic mass is 14.5. The van der Waals surface area contributed by atoms with Crippen LogP contribution in [0.5, 0.6) is 0 Å². The van der Waals surface area contributed by atoms with Gasteiger partial charge in [-0.1, -0.05) is 333 Å². The lowest BCUT2D eigenvalue weighted by atomic mass is 9.69. The van der Waals surface area contributed by atoms with E-state index in [1.165, 1.54) is 145 Å². The van der Waals surface area contributed by atoms with Crippen molar-refractivity contribution in [3.63, 3.8) is 0 Å². The number of hydrogen-bond donors (Lipinski definition) is 0. The van der Waals surface area contributed by atoms with Crippen molar-refractivity contribution in [1.29, 1.82) is 0 Å². The first-order valence-corrected chi connectivity index (χ1v) is 30.4. The Bertz CT molecular complexity index is 3870. The Balaban J connectivity index is 0.000000141. The molecular weight excluding hydrogens is 997 g/mol. The summed E-state index contributed by atoms with van der Waals surface area (Å²) < 4.78 is 0. The van der Waals surface area contributed by atoms with E-state index in [4.69, 9.17) is 0 Å². The van der Waals surface area contributed by atoms with Gasteiger partial charge in [-0.05, 0) is 163 Å². The molecule has 0 bridgehead atoms. The van der Waals surface area contributed by atoms with Crippen LogP contribution in [0.25, 0.3) is 76.8 Å². The van der Waals surface area contributed by atoms with E-state index < -0.39 is 0 Å². The number of aryl methyl sites for hydroxylation is 6. The molecule has 0 fully saturated rings. The van der Waals surface area contributed by atoms with Gasteiger partial charge in [0.05, 0.1) is 5.41 Å². The van der Waals surface area contributed by atoms with Crippen LogP contribution >= 0.6 is 0 Å². The Kier molecular flexibility index (Phi) is 20.7. The van der Waals surface area contributed by atoms with Crippen LogP contribution in [0.1, 0.15) is 117 Å². The molecule has 12 aromatic rings. The lowest BCUT2D eigenvalue weighted by molar-refractivity contribution is 0.626. The normalized spacial score (nSPS) is 11.5. The number of rotatable bonds is 3. The molecule has 0 radical (unpaired) electrons. The molecule has 0 heterocycles. The molecule has 0 saturated carbocycles. The van der Waals surface area contributed by atoms with Crippen molar-refractivity contribution >= 4 is 32.3 Å². The van der Waals surface area contributed by atoms with Crippen LogP contribution in [0, 0.1) is 47.5 Å². The maximum atomic E-state index is 2.33. The van der Waals surface area contributed by atoms with Gasteiger partial charge >= 0.3 is 0 Å². The highest BCUT2D eigenvalue weighted by Gasteiger charge is 2.52. The molecule has 418 valence electrons. The third kappa shape index (κ3) is 13.0. The molecule has 14 rings (SSSR count). The Morgan fingerprint density at radius 2 is 0.578 bits per heavy atom. The average molecular weight is 1080 g/mol. The summed E-state index contributed by atoms with van der Waals surface area (Å²) in [6.07, 6.45) is 2.56. The second-order valence-electron chi connectivity index (χ2n) is 22.4. The van der Waals surface area contributed by atoms with Gasteiger partial charge in [0.25, 0.3) is 0 Å². The third-order valence-corrected chi connectivity index (χ3v) is 16.0. The molecule has 1 spiro atoms. The van der Waals surface area contributed by atoms with Gasteiger partial charge in [0.15, 0.2) is 0 Å². The first-order chi connectivity index (χ1) is 40.4. The summed E-state index contributed by atoms with van der Waals surface area (Å²) in [5.41, 5.74) is 24.2. The second-order valence-corrected chi connectivity index (χ2v) is 22.4. The molecule has 12 aromatic carbocycles. The quantitative estimate of drug-likeness (QED) is 0.155. The third-order valence-electron chi connectivity index (χ3n) is 16.0. The molecule has 0 aliphatic heterocycles. The van der Waals surface area contributed by atoms with E-state index in [0.717, 1.165) is 5.92 Å². The predicted molar refractivity (Wildman–Crippen MR) is 366 cm³/mol. The molecule has 0 aromatic heterocycles. The first-order valence-electron chi connectivity index (χ1n) is 30.4. The summed E-state index contributed by atoms with van der Waals surface area (Å²) in [6, 6.07) is 92.0. The van der Waals surface area contributed by atoms with Gasteiger partial charge in [0.1, 0.15) is 0 Å². The summed E-state index contributed by atoms with van der Waals surface area (Å²) in [7, 11) is 0. The molecule has 0 amide bonds. The molecule has 0 atom stereocenters. The van der Waals surface area contributed by atoms with E-state index >= 15 is 0 Å². The van der Waals surface area contributed by atoms with Crippen LogP contribution in [0.4, 0.5) is 0 Å². The van der Waals surface area contributed by atoms with Crippen molar-refractivity contribution in [2.75, 3.05) is 0 Å². The van der Waals surface area contributed by atoms with Crippen LogP contribution in [0.2, 0.25) is 0 Å². The van der Waals surface area contributed by atoms with Crippen LogP contribution < -0.4 is 0 Å². The molecule has 0 nitrogen and oxygen atoms in total. The summed E-state index contributed by atoms with van der Waals surface area (Å²) in [5.74, 6) is 0.884. The summed E-state index contributed by atoms with van der Waals surface area (Å²) in [5, 5.41) is 8.08. The zero-order valence-corrected chi connectivity index (χ0v) is 51.7. The first kappa shape index (κ1) is 60.5. The fourth-order valence-corrected chi connectivity index (χ4v) is 11.6. The van der Waals surface area contributed by atoms with E-state index in [1.807, 2.05) is 13.8 Å². The molecule has 0 saturated heterocycles. The van der Waals surface area contributed by atoms with Crippen molar-refractivity contribution in [2.24, 2.45) is 5.92 Å². The molecule has 0 N–H and O–H groups in total. The zero-order chi connectivity index (χ0) is 59.0. The van der Waals surface area contributed by atoms with E-state index in [-0.39, 0.29) is 5.41 Å². The summed E-state index contributed by atoms with van der Waals surface area (Å²) in [4.78, 5) is 0. The SMILES string of the molecule is CC.CCC.CCC(C)C.Cc1ccc(-c2ccc(C)cc2)cc1.Cc1ccc2c3ccccc3c3ccccc3c2c1.Cc1cccc2c1C1(c3ccccc3-c3ccccc31)c1ccccc1-2.Cc1ccccc1-c1ccccc1C. The smallest absolute Gasteiger partial charge is 0.0683 e. The van der Waals surface area contributed by atoms with Gasteiger partial charge in [0.2, 0.25) is 0 Å². The molecular formula is C83H86. The summed E-state index contributed by atoms with van der Waals surface area (Å²) >= 11 is 0. The second kappa shape index (κ2) is 28.4. The maximum Gasteiger partial charge on any atom is 0.0728 e. The minimum Gasteiger partial charge on any atom is -0.0683 e. The van der Waals surface area contributed by atoms with Crippen molar-refractivity contribution in [1.82, 2.24) is 0 Å². The predicted octanol–water partition coefficient (Wildman–Crippen LogP) is 24.2. The van der Waals surface area contributed by atoms with Gasteiger partial charge in [-0.2, -0.15) is 0 Å². The fraction of sp³-hybridized carbons (Fsp3) is 0.205.